The van der Waals surface area contributed by atoms with Crippen LogP contribution in [0, 0.1) is 6.92 Å². The number of benzene rings is 1. The van der Waals surface area contributed by atoms with Crippen LogP contribution in [0.4, 0.5) is 5.69 Å². The maximum Gasteiger partial charge on any atom is 0.224 e. The average molecular weight is 370 g/mol. The van der Waals surface area contributed by atoms with Gasteiger partial charge in [0.05, 0.1) is 21.0 Å². The molecule has 8 heteroatoms. The average Bonchev–Trinajstić information content (AvgIpc) is 2.99. The highest BCUT2D eigenvalue weighted by molar-refractivity contribution is 7.90. The van der Waals surface area contributed by atoms with Crippen LogP contribution in [0.3, 0.4) is 0 Å². The van der Waals surface area contributed by atoms with Gasteiger partial charge in [0, 0.05) is 18.7 Å². The molecule has 2 rings (SSSR count). The molecular weight excluding hydrogens is 346 g/mol. The quantitative estimate of drug-likeness (QED) is 0.700. The van der Waals surface area contributed by atoms with Crippen LogP contribution in [0.5, 0.6) is 0 Å². The summed E-state index contributed by atoms with van der Waals surface area (Å²) in [5.74, 6) is -0.0614. The minimum atomic E-state index is -3.22. The van der Waals surface area contributed by atoms with E-state index in [9.17, 15) is 13.2 Å². The first-order valence-electron chi connectivity index (χ1n) is 7.92. The van der Waals surface area contributed by atoms with Crippen molar-refractivity contribution in [2.45, 2.75) is 45.3 Å². The van der Waals surface area contributed by atoms with Gasteiger partial charge in [-0.25, -0.2) is 18.1 Å². The van der Waals surface area contributed by atoms with Crippen molar-refractivity contribution in [1.29, 1.82) is 0 Å². The Bertz CT molecular complexity index is 813. The zero-order valence-corrected chi connectivity index (χ0v) is 15.8. The van der Waals surface area contributed by atoms with Gasteiger partial charge in [-0.3, -0.25) is 4.79 Å². The van der Waals surface area contributed by atoms with E-state index in [4.69, 9.17) is 0 Å². The van der Waals surface area contributed by atoms with Crippen LogP contribution in [0.15, 0.2) is 17.6 Å². The molecule has 0 saturated heterocycles. The van der Waals surface area contributed by atoms with E-state index in [1.807, 2.05) is 19.1 Å². The highest BCUT2D eigenvalue weighted by Gasteiger charge is 2.14. The highest BCUT2D eigenvalue weighted by Crippen LogP contribution is 2.28. The van der Waals surface area contributed by atoms with Crippen molar-refractivity contribution in [3.05, 3.63) is 23.2 Å². The number of anilines is 1. The van der Waals surface area contributed by atoms with E-state index in [2.05, 4.69) is 15.0 Å². The van der Waals surface area contributed by atoms with Crippen LogP contribution in [0.25, 0.3) is 10.2 Å². The van der Waals surface area contributed by atoms with Crippen molar-refractivity contribution >= 4 is 43.2 Å². The number of aryl methyl sites for hydroxylation is 1. The molecule has 0 fully saturated rings. The lowest BCUT2D eigenvalue weighted by atomic mass is 10.1. The largest absolute Gasteiger partial charge is 0.326 e. The van der Waals surface area contributed by atoms with Crippen LogP contribution in [-0.2, 0) is 14.8 Å². The van der Waals surface area contributed by atoms with Crippen LogP contribution < -0.4 is 10.0 Å². The Morgan fingerprint density at radius 2 is 2.04 bits per heavy atom. The van der Waals surface area contributed by atoms with Gasteiger partial charge in [-0.15, -0.1) is 11.3 Å². The Kier molecular flexibility index (Phi) is 6.31. The van der Waals surface area contributed by atoms with Gasteiger partial charge in [0.1, 0.15) is 0 Å². The van der Waals surface area contributed by atoms with E-state index < -0.39 is 15.3 Å². The van der Waals surface area contributed by atoms with Gasteiger partial charge in [0.25, 0.3) is 0 Å². The maximum atomic E-state index is 12.0. The van der Waals surface area contributed by atoms with Gasteiger partial charge in [-0.05, 0) is 51.3 Å². The second-order valence-electron chi connectivity index (χ2n) is 5.93. The number of thiazole rings is 1. The molecular formula is C16H23N3O3S2. The SMILES string of the molecule is Cc1c(NC(=O)CCCCNS(=O)(=O)C(C)C)ccc2ncsc12. The number of unbranched alkanes of at least 4 members (excludes halogenated alkanes) is 1. The van der Waals surface area contributed by atoms with Crippen molar-refractivity contribution in [2.24, 2.45) is 0 Å². The summed E-state index contributed by atoms with van der Waals surface area (Å²) in [6.07, 6.45) is 1.63. The molecule has 6 nitrogen and oxygen atoms in total. The molecule has 24 heavy (non-hydrogen) atoms. The molecule has 0 unspecified atom stereocenters. The first kappa shape index (κ1) is 18.8. The van der Waals surface area contributed by atoms with Crippen molar-refractivity contribution < 1.29 is 13.2 Å². The number of fused-ring (bicyclic) bond motifs is 1. The first-order chi connectivity index (χ1) is 11.3. The Morgan fingerprint density at radius 1 is 1.29 bits per heavy atom. The standard InChI is InChI=1S/C16H23N3O3S2/c1-11(2)24(21,22)18-9-5-4-6-15(20)19-13-7-8-14-16(12(13)3)23-10-17-14/h7-8,10-11,18H,4-6,9H2,1-3H3,(H,19,20). The molecule has 0 aliphatic heterocycles. The van der Waals surface area contributed by atoms with E-state index in [1.165, 1.54) is 0 Å². The fourth-order valence-electron chi connectivity index (χ4n) is 2.20. The lowest BCUT2D eigenvalue weighted by molar-refractivity contribution is -0.116. The van der Waals surface area contributed by atoms with E-state index in [0.717, 1.165) is 21.5 Å². The number of sulfonamides is 1. The number of aromatic nitrogens is 1. The van der Waals surface area contributed by atoms with Gasteiger partial charge in [-0.1, -0.05) is 0 Å². The predicted molar refractivity (Wildman–Crippen MR) is 98.9 cm³/mol. The lowest BCUT2D eigenvalue weighted by Gasteiger charge is -2.10. The fraction of sp³-hybridized carbons (Fsp3) is 0.500. The van der Waals surface area contributed by atoms with E-state index in [1.54, 1.807) is 30.7 Å². The number of rotatable bonds is 8. The molecule has 2 N–H and O–H groups in total. The van der Waals surface area contributed by atoms with Crippen molar-refractivity contribution in [2.75, 3.05) is 11.9 Å². The minimum absolute atomic E-state index is 0.0614. The summed E-state index contributed by atoms with van der Waals surface area (Å²) in [4.78, 5) is 16.3. The van der Waals surface area contributed by atoms with Gasteiger partial charge in [-0.2, -0.15) is 0 Å². The summed E-state index contributed by atoms with van der Waals surface area (Å²) in [6.45, 7) is 5.60. The maximum absolute atomic E-state index is 12.0. The normalized spacial score (nSPS) is 12.0. The van der Waals surface area contributed by atoms with Crippen molar-refractivity contribution in [1.82, 2.24) is 9.71 Å². The Labute approximate surface area is 146 Å². The molecule has 1 aromatic heterocycles. The first-order valence-corrected chi connectivity index (χ1v) is 10.3. The second kappa shape index (κ2) is 8.04. The molecule has 0 radical (unpaired) electrons. The van der Waals surface area contributed by atoms with E-state index in [-0.39, 0.29) is 5.91 Å². The molecule has 2 aromatic rings. The molecule has 0 spiro atoms. The summed E-state index contributed by atoms with van der Waals surface area (Å²) < 4.78 is 26.8. The van der Waals surface area contributed by atoms with Gasteiger partial charge < -0.3 is 5.32 Å². The summed E-state index contributed by atoms with van der Waals surface area (Å²) in [6, 6.07) is 3.77. The second-order valence-corrected chi connectivity index (χ2v) is 9.11. The third-order valence-corrected chi connectivity index (χ3v) is 6.59. The zero-order valence-electron chi connectivity index (χ0n) is 14.1. The minimum Gasteiger partial charge on any atom is -0.326 e. The Hall–Kier alpha value is -1.51. The summed E-state index contributed by atoms with van der Waals surface area (Å²) in [5, 5.41) is 2.48. The van der Waals surface area contributed by atoms with E-state index >= 15 is 0 Å². The molecule has 0 bridgehead atoms. The Morgan fingerprint density at radius 3 is 2.75 bits per heavy atom. The summed E-state index contributed by atoms with van der Waals surface area (Å²) in [5.41, 5.74) is 4.56. The lowest BCUT2D eigenvalue weighted by Crippen LogP contribution is -2.31. The monoisotopic (exact) mass is 369 g/mol. The smallest absolute Gasteiger partial charge is 0.224 e. The number of carbonyl (C=O) groups is 1. The third-order valence-electron chi connectivity index (χ3n) is 3.78. The highest BCUT2D eigenvalue weighted by atomic mass is 32.2. The Balaban J connectivity index is 1.78. The number of nitrogens with one attached hydrogen (secondary N) is 2. The molecule has 0 atom stereocenters. The fourth-order valence-corrected chi connectivity index (χ4v) is 3.77. The summed E-state index contributed by atoms with van der Waals surface area (Å²) in [7, 11) is -3.22. The number of hydrogen-bond acceptors (Lipinski definition) is 5. The van der Waals surface area contributed by atoms with Crippen molar-refractivity contribution in [3.63, 3.8) is 0 Å². The topological polar surface area (TPSA) is 88.2 Å². The molecule has 1 aromatic carbocycles. The number of nitrogens with zero attached hydrogens (tertiary/aromatic N) is 1. The molecule has 132 valence electrons. The number of carbonyl (C=O) groups excluding carboxylic acids is 1. The van der Waals surface area contributed by atoms with Gasteiger partial charge >= 0.3 is 0 Å². The zero-order chi connectivity index (χ0) is 17.7. The molecule has 0 saturated carbocycles. The van der Waals surface area contributed by atoms with Gasteiger partial charge in [0.2, 0.25) is 15.9 Å². The molecule has 0 aliphatic carbocycles. The van der Waals surface area contributed by atoms with Crippen LogP contribution in [0.2, 0.25) is 0 Å². The van der Waals surface area contributed by atoms with Crippen molar-refractivity contribution in [3.8, 4) is 0 Å². The van der Waals surface area contributed by atoms with Crippen LogP contribution in [0.1, 0.15) is 38.7 Å². The van der Waals surface area contributed by atoms with Crippen LogP contribution in [-0.4, -0.2) is 31.1 Å². The summed E-state index contributed by atoms with van der Waals surface area (Å²) >= 11 is 1.56. The van der Waals surface area contributed by atoms with Crippen LogP contribution >= 0.6 is 11.3 Å². The molecule has 1 amide bonds. The van der Waals surface area contributed by atoms with Gasteiger partial charge in [0.15, 0.2) is 0 Å². The number of amides is 1. The molecule has 1 heterocycles. The predicted octanol–water partition coefficient (Wildman–Crippen LogP) is 3.04. The third kappa shape index (κ3) is 4.75. The van der Waals surface area contributed by atoms with E-state index in [0.29, 0.717) is 25.8 Å². The number of hydrogen-bond donors (Lipinski definition) is 2. The molecule has 0 aliphatic rings.